The largest absolute Gasteiger partial charge is 0.504 e. The van der Waals surface area contributed by atoms with Gasteiger partial charge in [0.05, 0.1) is 32.5 Å². The summed E-state index contributed by atoms with van der Waals surface area (Å²) in [5.74, 6) is -7.65. The number of phenols is 4. The highest BCUT2D eigenvalue weighted by Crippen LogP contribution is 2.44. The van der Waals surface area contributed by atoms with Gasteiger partial charge >= 0.3 is 0 Å². The molecule has 11 heteroatoms. The van der Waals surface area contributed by atoms with Gasteiger partial charge in [0, 0.05) is 11.1 Å². The first-order valence-corrected chi connectivity index (χ1v) is 10.1. The van der Waals surface area contributed by atoms with Gasteiger partial charge in [-0.2, -0.15) is 0 Å². The van der Waals surface area contributed by atoms with Gasteiger partial charge in [-0.3, -0.25) is 19.2 Å². The lowest BCUT2D eigenvalue weighted by Crippen LogP contribution is -2.20. The molecule has 0 aromatic heterocycles. The van der Waals surface area contributed by atoms with Crippen LogP contribution in [0.1, 0.15) is 41.4 Å². The number of ether oxygens (including phenoxy) is 3. The van der Waals surface area contributed by atoms with Crippen LogP contribution in [0.2, 0.25) is 0 Å². The molecule has 3 rings (SSSR count). The van der Waals surface area contributed by atoms with E-state index in [0.717, 1.165) is 42.5 Å². The Bertz CT molecular complexity index is 1300. The van der Waals surface area contributed by atoms with Crippen molar-refractivity contribution in [2.45, 2.75) is 0 Å². The van der Waals surface area contributed by atoms with Gasteiger partial charge in [0.1, 0.15) is 0 Å². The fourth-order valence-corrected chi connectivity index (χ4v) is 3.39. The zero-order valence-electron chi connectivity index (χ0n) is 19.2. The summed E-state index contributed by atoms with van der Waals surface area (Å²) in [6.45, 7) is 0. The normalized spacial score (nSPS) is 10.4. The van der Waals surface area contributed by atoms with Crippen LogP contribution in [0.15, 0.2) is 42.5 Å². The van der Waals surface area contributed by atoms with Crippen molar-refractivity contribution >= 4 is 23.1 Å². The van der Waals surface area contributed by atoms with Gasteiger partial charge in [0.15, 0.2) is 34.5 Å². The highest BCUT2D eigenvalue weighted by atomic mass is 16.5. The second-order valence-corrected chi connectivity index (χ2v) is 7.29. The number of benzene rings is 3. The first-order valence-electron chi connectivity index (χ1n) is 10.1. The first kappa shape index (κ1) is 25.6. The average molecular weight is 496 g/mol. The molecule has 186 valence electrons. The molecule has 0 aliphatic carbocycles. The molecule has 4 N–H and O–H groups in total. The average Bonchev–Trinajstić information content (AvgIpc) is 2.88. The number of hydrogen-bond acceptors (Lipinski definition) is 11. The molecule has 0 atom stereocenters. The molecule has 0 saturated carbocycles. The molecule has 0 aliphatic heterocycles. The fraction of sp³-hybridized carbons (Fsp3) is 0.120. The number of carbonyl (C=O) groups excluding carboxylic acids is 4. The van der Waals surface area contributed by atoms with Gasteiger partial charge < -0.3 is 34.6 Å². The minimum atomic E-state index is -1.18. The predicted molar refractivity (Wildman–Crippen MR) is 123 cm³/mol. The van der Waals surface area contributed by atoms with Gasteiger partial charge in [-0.15, -0.1) is 0 Å². The SMILES string of the molecule is COc1c(C(=O)C(=O)c2ccc(O)c(O)c2)cc(C(=O)C(=O)c2ccc(O)c(O)c2)c(OC)c1OC. The molecule has 0 unspecified atom stereocenters. The minimum Gasteiger partial charge on any atom is -0.504 e. The fourth-order valence-electron chi connectivity index (χ4n) is 3.39. The number of rotatable bonds is 9. The Morgan fingerprint density at radius 3 is 1.17 bits per heavy atom. The molecule has 36 heavy (non-hydrogen) atoms. The Balaban J connectivity index is 2.18. The Morgan fingerprint density at radius 2 is 0.861 bits per heavy atom. The summed E-state index contributed by atoms with van der Waals surface area (Å²) < 4.78 is 15.7. The van der Waals surface area contributed by atoms with Crippen LogP contribution < -0.4 is 14.2 Å². The molecular formula is C25H20O11. The van der Waals surface area contributed by atoms with E-state index in [4.69, 9.17) is 14.2 Å². The van der Waals surface area contributed by atoms with Crippen molar-refractivity contribution in [2.75, 3.05) is 21.3 Å². The monoisotopic (exact) mass is 496 g/mol. The number of methoxy groups -OCH3 is 3. The van der Waals surface area contributed by atoms with Gasteiger partial charge in [0.2, 0.25) is 28.9 Å². The van der Waals surface area contributed by atoms with Crippen LogP contribution in [-0.4, -0.2) is 64.9 Å². The summed E-state index contributed by atoms with van der Waals surface area (Å²) in [4.78, 5) is 52.0. The van der Waals surface area contributed by atoms with E-state index in [0.29, 0.717) is 0 Å². The second-order valence-electron chi connectivity index (χ2n) is 7.29. The topological polar surface area (TPSA) is 177 Å². The van der Waals surface area contributed by atoms with E-state index >= 15 is 0 Å². The van der Waals surface area contributed by atoms with E-state index in [-0.39, 0.29) is 28.4 Å². The molecular weight excluding hydrogens is 476 g/mol. The van der Waals surface area contributed by atoms with Crippen LogP contribution >= 0.6 is 0 Å². The maximum absolute atomic E-state index is 13.2. The molecule has 0 saturated heterocycles. The smallest absolute Gasteiger partial charge is 0.237 e. The molecule has 0 bridgehead atoms. The van der Waals surface area contributed by atoms with Crippen molar-refractivity contribution in [2.24, 2.45) is 0 Å². The van der Waals surface area contributed by atoms with Crippen molar-refractivity contribution in [3.8, 4) is 40.2 Å². The second kappa shape index (κ2) is 10.1. The van der Waals surface area contributed by atoms with Gasteiger partial charge in [-0.25, -0.2) is 0 Å². The number of phenolic OH excluding ortho intramolecular Hbond substituents is 4. The Labute approximate surface area is 203 Å². The van der Waals surface area contributed by atoms with Crippen LogP contribution in [0, 0.1) is 0 Å². The molecule has 0 amide bonds. The Morgan fingerprint density at radius 1 is 0.500 bits per heavy atom. The van der Waals surface area contributed by atoms with Crippen molar-refractivity contribution in [3.05, 3.63) is 64.7 Å². The summed E-state index contributed by atoms with van der Waals surface area (Å²) in [5.41, 5.74) is -1.43. The molecule has 0 aliphatic rings. The van der Waals surface area contributed by atoms with Crippen LogP contribution in [0.25, 0.3) is 0 Å². The van der Waals surface area contributed by atoms with E-state index in [9.17, 15) is 39.6 Å². The number of carbonyl (C=O) groups is 4. The maximum atomic E-state index is 13.2. The van der Waals surface area contributed by atoms with Crippen molar-refractivity contribution in [1.82, 2.24) is 0 Å². The van der Waals surface area contributed by atoms with Gasteiger partial charge in [-0.05, 0) is 42.5 Å². The molecule has 11 nitrogen and oxygen atoms in total. The number of hydrogen-bond donors (Lipinski definition) is 4. The molecule has 0 heterocycles. The molecule has 0 spiro atoms. The number of aromatic hydroxyl groups is 4. The molecule has 0 radical (unpaired) electrons. The summed E-state index contributed by atoms with van der Waals surface area (Å²) >= 11 is 0. The van der Waals surface area contributed by atoms with Crippen LogP contribution in [0.4, 0.5) is 0 Å². The quantitative estimate of drug-likeness (QED) is 0.194. The highest BCUT2D eigenvalue weighted by Gasteiger charge is 2.33. The van der Waals surface area contributed by atoms with E-state index in [2.05, 4.69) is 0 Å². The third-order valence-electron chi connectivity index (χ3n) is 5.18. The van der Waals surface area contributed by atoms with Gasteiger partial charge in [0.25, 0.3) is 0 Å². The summed E-state index contributed by atoms with van der Waals surface area (Å²) in [5, 5.41) is 38.3. The third kappa shape index (κ3) is 4.49. The van der Waals surface area contributed by atoms with Crippen molar-refractivity contribution in [3.63, 3.8) is 0 Å². The van der Waals surface area contributed by atoms with Crippen LogP contribution in [0.5, 0.6) is 40.2 Å². The summed E-state index contributed by atoms with van der Waals surface area (Å²) in [6.07, 6.45) is 0. The maximum Gasteiger partial charge on any atom is 0.237 e. The molecule has 3 aromatic rings. The standard InChI is InChI=1S/C25H20O11/c1-34-23-13(21(32)19(30)11-4-6-15(26)17(28)8-11)10-14(24(35-2)25(23)36-3)22(33)20(31)12-5-7-16(27)18(29)9-12/h4-10,26-29H,1-3H3. The lowest BCUT2D eigenvalue weighted by atomic mass is 9.94. The van der Waals surface area contributed by atoms with Crippen molar-refractivity contribution < 1.29 is 53.8 Å². The predicted octanol–water partition coefficient (Wildman–Crippen LogP) is 2.67. The minimum absolute atomic E-state index is 0.253. The van der Waals surface area contributed by atoms with E-state index in [1.807, 2.05) is 0 Å². The van der Waals surface area contributed by atoms with E-state index in [1.54, 1.807) is 0 Å². The van der Waals surface area contributed by atoms with Crippen LogP contribution in [0.3, 0.4) is 0 Å². The first-order chi connectivity index (χ1) is 17.0. The Kier molecular flexibility index (Phi) is 7.14. The third-order valence-corrected chi connectivity index (χ3v) is 5.18. The van der Waals surface area contributed by atoms with E-state index < -0.39 is 57.3 Å². The lowest BCUT2D eigenvalue weighted by Gasteiger charge is -2.18. The van der Waals surface area contributed by atoms with Gasteiger partial charge in [-0.1, -0.05) is 0 Å². The Hall–Kier alpha value is -5.06. The zero-order valence-corrected chi connectivity index (χ0v) is 19.2. The van der Waals surface area contributed by atoms with Crippen molar-refractivity contribution in [1.29, 1.82) is 0 Å². The van der Waals surface area contributed by atoms with Crippen LogP contribution in [-0.2, 0) is 0 Å². The highest BCUT2D eigenvalue weighted by molar-refractivity contribution is 6.52. The summed E-state index contributed by atoms with van der Waals surface area (Å²) in [7, 11) is 3.54. The molecule has 0 fully saturated rings. The molecule has 3 aromatic carbocycles. The number of Topliss-reactive ketones (excluding diaryl/α,β-unsaturated/α-hetero) is 4. The summed E-state index contributed by atoms with van der Waals surface area (Å²) in [6, 6.07) is 6.95. The lowest BCUT2D eigenvalue weighted by molar-refractivity contribution is 0.0809. The van der Waals surface area contributed by atoms with E-state index in [1.165, 1.54) is 21.3 Å². The number of ketones is 4. The zero-order chi connectivity index (χ0) is 26.7.